The predicted octanol–water partition coefficient (Wildman–Crippen LogP) is 4.36. The van der Waals surface area contributed by atoms with Crippen LogP contribution < -0.4 is 20.4 Å². The number of aromatic nitrogens is 1. The quantitative estimate of drug-likeness (QED) is 0.575. The summed E-state index contributed by atoms with van der Waals surface area (Å²) in [6.07, 6.45) is 8.60. The summed E-state index contributed by atoms with van der Waals surface area (Å²) in [5, 5.41) is 16.2. The van der Waals surface area contributed by atoms with Crippen LogP contribution in [0, 0.1) is 0 Å². The van der Waals surface area contributed by atoms with Gasteiger partial charge in [0.2, 0.25) is 5.91 Å². The van der Waals surface area contributed by atoms with Crippen LogP contribution in [0.5, 0.6) is 0 Å². The molecule has 192 valence electrons. The first-order valence-corrected chi connectivity index (χ1v) is 13.3. The number of nitrogens with one attached hydrogen (secondary N) is 2. The Labute approximate surface area is 213 Å². The van der Waals surface area contributed by atoms with Gasteiger partial charge in [0.05, 0.1) is 11.8 Å². The molecule has 2 aromatic rings. The normalized spacial score (nSPS) is 24.9. The van der Waals surface area contributed by atoms with E-state index in [0.717, 1.165) is 55.7 Å². The van der Waals surface area contributed by atoms with Gasteiger partial charge in [-0.2, -0.15) is 0 Å². The van der Waals surface area contributed by atoms with Crippen LogP contribution >= 0.6 is 0 Å². The van der Waals surface area contributed by atoms with E-state index in [4.69, 9.17) is 4.98 Å². The standard InChI is InChI=1S/C28H37N5O3/c1-18-28(36)32(2)24-15-16-25(31-26(24)33(18)22-9-4-3-5-10-22)29-21-8-6-7-19(17-21)27(35)30-20-11-13-23(34)14-12-20/h6-8,15-18,20,22-23,34H,3-5,9-14H2,1-2H3,(H,29,31)(H,30,35)/t18-,20?,23?/m1/s1. The van der Waals surface area contributed by atoms with Gasteiger partial charge in [0, 0.05) is 30.4 Å². The maximum absolute atomic E-state index is 13.0. The molecule has 8 heteroatoms. The minimum absolute atomic E-state index is 0.0989. The molecule has 2 fully saturated rings. The lowest BCUT2D eigenvalue weighted by atomic mass is 9.92. The van der Waals surface area contributed by atoms with Crippen LogP contribution in [0.15, 0.2) is 36.4 Å². The molecule has 1 aliphatic heterocycles. The number of amides is 2. The zero-order valence-electron chi connectivity index (χ0n) is 21.2. The summed E-state index contributed by atoms with van der Waals surface area (Å²) in [7, 11) is 1.82. The number of benzene rings is 1. The molecule has 0 bridgehead atoms. The molecule has 1 atom stereocenters. The Kier molecular flexibility index (Phi) is 7.14. The number of aliphatic hydroxyl groups is 1. The van der Waals surface area contributed by atoms with E-state index in [9.17, 15) is 14.7 Å². The van der Waals surface area contributed by atoms with Crippen LogP contribution in [0.1, 0.15) is 75.1 Å². The van der Waals surface area contributed by atoms with Gasteiger partial charge in [-0.15, -0.1) is 0 Å². The molecule has 0 spiro atoms. The van der Waals surface area contributed by atoms with E-state index in [1.54, 1.807) is 4.90 Å². The first-order chi connectivity index (χ1) is 17.4. The highest BCUT2D eigenvalue weighted by molar-refractivity contribution is 6.04. The molecule has 3 N–H and O–H groups in total. The van der Waals surface area contributed by atoms with Gasteiger partial charge in [-0.1, -0.05) is 25.3 Å². The van der Waals surface area contributed by atoms with E-state index in [0.29, 0.717) is 17.4 Å². The summed E-state index contributed by atoms with van der Waals surface area (Å²) < 4.78 is 0. The molecular weight excluding hydrogens is 454 g/mol. The monoisotopic (exact) mass is 491 g/mol. The fraction of sp³-hybridized carbons (Fsp3) is 0.536. The second-order valence-corrected chi connectivity index (χ2v) is 10.5. The van der Waals surface area contributed by atoms with Gasteiger partial charge in [0.1, 0.15) is 11.9 Å². The topological polar surface area (TPSA) is 97.8 Å². The molecule has 2 heterocycles. The first-order valence-electron chi connectivity index (χ1n) is 13.3. The molecule has 5 rings (SSSR count). The molecule has 0 unspecified atom stereocenters. The van der Waals surface area contributed by atoms with Crippen molar-refractivity contribution in [3.8, 4) is 0 Å². The van der Waals surface area contributed by atoms with Crippen molar-refractivity contribution in [1.29, 1.82) is 0 Å². The molecule has 1 aromatic heterocycles. The van der Waals surface area contributed by atoms with Crippen LogP contribution in [0.4, 0.5) is 23.0 Å². The molecule has 36 heavy (non-hydrogen) atoms. The molecule has 1 aromatic carbocycles. The van der Waals surface area contributed by atoms with Gasteiger partial charge in [-0.3, -0.25) is 9.59 Å². The molecule has 2 saturated carbocycles. The zero-order chi connectivity index (χ0) is 25.2. The lowest BCUT2D eigenvalue weighted by Crippen LogP contribution is -2.55. The van der Waals surface area contributed by atoms with Crippen molar-refractivity contribution in [2.45, 2.75) is 88.9 Å². The van der Waals surface area contributed by atoms with Gasteiger partial charge in [0.25, 0.3) is 5.91 Å². The molecule has 2 aliphatic carbocycles. The van der Waals surface area contributed by atoms with Crippen molar-refractivity contribution in [2.24, 2.45) is 0 Å². The maximum Gasteiger partial charge on any atom is 0.251 e. The van der Waals surface area contributed by atoms with Crippen LogP contribution in [0.3, 0.4) is 0 Å². The van der Waals surface area contributed by atoms with Crippen molar-refractivity contribution in [1.82, 2.24) is 10.3 Å². The van der Waals surface area contributed by atoms with Crippen LogP contribution in [0.2, 0.25) is 0 Å². The lowest BCUT2D eigenvalue weighted by molar-refractivity contribution is -0.119. The Bertz CT molecular complexity index is 1110. The largest absolute Gasteiger partial charge is 0.393 e. The number of rotatable bonds is 5. The number of aliphatic hydroxyl groups excluding tert-OH is 1. The number of pyridine rings is 1. The van der Waals surface area contributed by atoms with E-state index < -0.39 is 0 Å². The molecule has 2 amide bonds. The van der Waals surface area contributed by atoms with E-state index in [-0.39, 0.29) is 30.0 Å². The fourth-order valence-corrected chi connectivity index (χ4v) is 5.89. The van der Waals surface area contributed by atoms with Crippen molar-refractivity contribution < 1.29 is 14.7 Å². The molecule has 8 nitrogen and oxygen atoms in total. The van der Waals surface area contributed by atoms with Crippen molar-refractivity contribution in [3.05, 3.63) is 42.0 Å². The number of carbonyl (C=O) groups is 2. The van der Waals surface area contributed by atoms with E-state index >= 15 is 0 Å². The summed E-state index contributed by atoms with van der Waals surface area (Å²) in [5.41, 5.74) is 2.21. The molecule has 3 aliphatic rings. The second-order valence-electron chi connectivity index (χ2n) is 10.5. The van der Waals surface area contributed by atoms with Gasteiger partial charge >= 0.3 is 0 Å². The van der Waals surface area contributed by atoms with Crippen molar-refractivity contribution in [2.75, 3.05) is 22.2 Å². The van der Waals surface area contributed by atoms with Gasteiger partial charge in [-0.05, 0) is 75.8 Å². The minimum Gasteiger partial charge on any atom is -0.393 e. The predicted molar refractivity (Wildman–Crippen MR) is 142 cm³/mol. The lowest BCUT2D eigenvalue weighted by Gasteiger charge is -2.44. The maximum atomic E-state index is 13.0. The van der Waals surface area contributed by atoms with Gasteiger partial charge < -0.3 is 25.5 Å². The Morgan fingerprint density at radius 2 is 1.78 bits per heavy atom. The Morgan fingerprint density at radius 1 is 1.03 bits per heavy atom. The van der Waals surface area contributed by atoms with Crippen molar-refractivity contribution >= 4 is 34.8 Å². The van der Waals surface area contributed by atoms with Crippen LogP contribution in [0.25, 0.3) is 0 Å². The highest BCUT2D eigenvalue weighted by Crippen LogP contribution is 2.39. The summed E-state index contributed by atoms with van der Waals surface area (Å²) in [6.45, 7) is 1.98. The summed E-state index contributed by atoms with van der Waals surface area (Å²) in [6, 6.07) is 11.5. The van der Waals surface area contributed by atoms with Gasteiger partial charge in [0.15, 0.2) is 5.82 Å². The zero-order valence-corrected chi connectivity index (χ0v) is 21.2. The number of likely N-dealkylation sites (N-methyl/N-ethyl adjacent to an activating group) is 1. The van der Waals surface area contributed by atoms with Gasteiger partial charge in [-0.25, -0.2) is 4.98 Å². The number of carbonyl (C=O) groups excluding carboxylic acids is 2. The smallest absolute Gasteiger partial charge is 0.251 e. The summed E-state index contributed by atoms with van der Waals surface area (Å²) in [4.78, 5) is 34.7. The number of nitrogens with zero attached hydrogens (tertiary/aromatic N) is 3. The first kappa shape index (κ1) is 24.6. The average molecular weight is 492 g/mol. The van der Waals surface area contributed by atoms with E-state index in [1.165, 1.54) is 19.3 Å². The molecule has 0 radical (unpaired) electrons. The summed E-state index contributed by atoms with van der Waals surface area (Å²) in [5.74, 6) is 1.52. The second kappa shape index (κ2) is 10.5. The average Bonchev–Trinajstić information content (AvgIpc) is 2.89. The fourth-order valence-electron chi connectivity index (χ4n) is 5.89. The third-order valence-corrected chi connectivity index (χ3v) is 7.96. The molecule has 0 saturated heterocycles. The highest BCUT2D eigenvalue weighted by Gasteiger charge is 2.38. The Balaban J connectivity index is 1.35. The highest BCUT2D eigenvalue weighted by atomic mass is 16.3. The number of hydrogen-bond acceptors (Lipinski definition) is 6. The summed E-state index contributed by atoms with van der Waals surface area (Å²) >= 11 is 0. The number of hydrogen-bond donors (Lipinski definition) is 3. The number of fused-ring (bicyclic) bond motifs is 1. The van der Waals surface area contributed by atoms with Crippen molar-refractivity contribution in [3.63, 3.8) is 0 Å². The Morgan fingerprint density at radius 3 is 2.53 bits per heavy atom. The number of anilines is 4. The SMILES string of the molecule is C[C@@H]1C(=O)N(C)c2ccc(Nc3cccc(C(=O)NC4CCC(O)CC4)c3)nc2N1C1CCCCC1. The van der Waals surface area contributed by atoms with Crippen LogP contribution in [-0.4, -0.2) is 53.2 Å². The van der Waals surface area contributed by atoms with Crippen LogP contribution in [-0.2, 0) is 4.79 Å². The van der Waals surface area contributed by atoms with E-state index in [2.05, 4.69) is 15.5 Å². The molecular formula is C28H37N5O3. The third-order valence-electron chi connectivity index (χ3n) is 7.96. The Hall–Kier alpha value is -3.13. The third kappa shape index (κ3) is 5.05. The van der Waals surface area contributed by atoms with E-state index in [1.807, 2.05) is 50.4 Å². The minimum atomic E-state index is -0.249.